The van der Waals surface area contributed by atoms with Crippen molar-refractivity contribution in [2.24, 2.45) is 11.8 Å². The first-order chi connectivity index (χ1) is 13.9. The molecular weight excluding hydrogens is 370 g/mol. The number of benzene rings is 1. The lowest BCUT2D eigenvalue weighted by atomic mass is 10.1. The van der Waals surface area contributed by atoms with Crippen LogP contribution < -0.4 is 15.6 Å². The number of carbonyl (C=O) groups is 2. The molecule has 2 aliphatic rings. The van der Waals surface area contributed by atoms with Crippen LogP contribution >= 0.6 is 0 Å². The molecule has 0 spiro atoms. The van der Waals surface area contributed by atoms with E-state index in [0.29, 0.717) is 36.0 Å². The number of aromatic nitrogens is 1. The van der Waals surface area contributed by atoms with Crippen LogP contribution in [-0.4, -0.2) is 47.4 Å². The van der Waals surface area contributed by atoms with E-state index in [2.05, 4.69) is 10.3 Å². The van der Waals surface area contributed by atoms with Gasteiger partial charge in [-0.05, 0) is 50.3 Å². The van der Waals surface area contributed by atoms with E-state index in [-0.39, 0.29) is 35.9 Å². The van der Waals surface area contributed by atoms with Gasteiger partial charge in [0.2, 0.25) is 5.56 Å². The van der Waals surface area contributed by atoms with Gasteiger partial charge in [-0.2, -0.15) is 0 Å². The van der Waals surface area contributed by atoms with E-state index in [4.69, 9.17) is 4.74 Å². The number of carbonyl (C=O) groups excluding carboxylic acids is 2. The number of rotatable bonds is 6. The molecule has 29 heavy (non-hydrogen) atoms. The molecule has 2 heterocycles. The fourth-order valence-corrected chi connectivity index (χ4v) is 4.09. The van der Waals surface area contributed by atoms with Gasteiger partial charge < -0.3 is 19.9 Å². The van der Waals surface area contributed by atoms with Gasteiger partial charge >= 0.3 is 0 Å². The fraction of sp³-hybridized carbons (Fsp3) is 0.409. The van der Waals surface area contributed by atoms with E-state index in [1.54, 1.807) is 13.0 Å². The van der Waals surface area contributed by atoms with Crippen molar-refractivity contribution in [2.75, 3.05) is 19.7 Å². The second kappa shape index (κ2) is 7.73. The van der Waals surface area contributed by atoms with Gasteiger partial charge in [0.25, 0.3) is 11.8 Å². The van der Waals surface area contributed by atoms with Crippen LogP contribution in [0.15, 0.2) is 41.2 Å². The smallest absolute Gasteiger partial charge is 0.257 e. The third-order valence-electron chi connectivity index (χ3n) is 5.68. The zero-order valence-corrected chi connectivity index (χ0v) is 16.6. The third-order valence-corrected chi connectivity index (χ3v) is 5.68. The highest BCUT2D eigenvalue weighted by Crippen LogP contribution is 2.48. The Kier molecular flexibility index (Phi) is 5.13. The summed E-state index contributed by atoms with van der Waals surface area (Å²) >= 11 is 0. The molecule has 7 heteroatoms. The molecule has 7 nitrogen and oxygen atoms in total. The Morgan fingerprint density at radius 3 is 2.69 bits per heavy atom. The van der Waals surface area contributed by atoms with Crippen LogP contribution in [0.2, 0.25) is 0 Å². The molecule has 1 aliphatic heterocycles. The molecule has 2 N–H and O–H groups in total. The van der Waals surface area contributed by atoms with Crippen molar-refractivity contribution in [3.8, 4) is 5.75 Å². The summed E-state index contributed by atoms with van der Waals surface area (Å²) in [5.74, 6) is 1.04. The van der Waals surface area contributed by atoms with Crippen molar-refractivity contribution in [2.45, 2.75) is 26.3 Å². The van der Waals surface area contributed by atoms with Crippen LogP contribution in [0, 0.1) is 25.7 Å². The first-order valence-electron chi connectivity index (χ1n) is 9.89. The zero-order chi connectivity index (χ0) is 20.5. The first-order valence-corrected chi connectivity index (χ1v) is 9.89. The van der Waals surface area contributed by atoms with Gasteiger partial charge in [-0.25, -0.2) is 0 Å². The molecule has 2 amide bonds. The van der Waals surface area contributed by atoms with E-state index >= 15 is 0 Å². The summed E-state index contributed by atoms with van der Waals surface area (Å²) in [6.07, 6.45) is 0.953. The Morgan fingerprint density at radius 2 is 1.97 bits per heavy atom. The summed E-state index contributed by atoms with van der Waals surface area (Å²) < 4.78 is 5.51. The van der Waals surface area contributed by atoms with Crippen molar-refractivity contribution in [3.63, 3.8) is 0 Å². The lowest BCUT2D eigenvalue weighted by Crippen LogP contribution is -2.37. The fourth-order valence-electron chi connectivity index (χ4n) is 4.09. The number of ether oxygens (including phenoxy) is 1. The molecule has 0 radical (unpaired) electrons. The number of aryl methyl sites for hydroxylation is 2. The van der Waals surface area contributed by atoms with Crippen molar-refractivity contribution in [3.05, 3.63) is 63.6 Å². The zero-order valence-electron chi connectivity index (χ0n) is 16.6. The van der Waals surface area contributed by atoms with Gasteiger partial charge in [-0.1, -0.05) is 17.7 Å². The predicted molar refractivity (Wildman–Crippen MR) is 108 cm³/mol. The maximum Gasteiger partial charge on any atom is 0.257 e. The number of amides is 2. The molecule has 3 atom stereocenters. The largest absolute Gasteiger partial charge is 0.484 e. The normalized spacial score (nSPS) is 22.1. The van der Waals surface area contributed by atoms with Crippen LogP contribution in [0.3, 0.4) is 0 Å². The average Bonchev–Trinajstić information content (AvgIpc) is 3.40. The van der Waals surface area contributed by atoms with E-state index in [1.807, 2.05) is 36.1 Å². The molecule has 1 saturated heterocycles. The minimum absolute atomic E-state index is 0.0292. The topological polar surface area (TPSA) is 91.5 Å². The van der Waals surface area contributed by atoms with Crippen molar-refractivity contribution in [1.29, 1.82) is 0 Å². The number of hydrogen-bond acceptors (Lipinski definition) is 4. The number of nitrogens with zero attached hydrogens (tertiary/aromatic N) is 1. The summed E-state index contributed by atoms with van der Waals surface area (Å²) in [6.45, 7) is 4.85. The SMILES string of the molecule is Cc1ccc(OCC(=O)NCC2CN(C(=O)c3cc(C)[nH]c(=O)c3)C3CC23)cc1. The Morgan fingerprint density at radius 1 is 1.21 bits per heavy atom. The molecule has 3 unspecified atom stereocenters. The molecule has 2 fully saturated rings. The molecule has 2 aromatic rings. The van der Waals surface area contributed by atoms with Crippen LogP contribution in [0.25, 0.3) is 0 Å². The lowest BCUT2D eigenvalue weighted by molar-refractivity contribution is -0.123. The number of H-pyrrole nitrogens is 1. The molecule has 152 valence electrons. The first kappa shape index (κ1) is 19.2. The highest BCUT2D eigenvalue weighted by molar-refractivity contribution is 5.95. The van der Waals surface area contributed by atoms with E-state index < -0.39 is 0 Å². The van der Waals surface area contributed by atoms with Gasteiger partial charge in [0, 0.05) is 36.5 Å². The van der Waals surface area contributed by atoms with Gasteiger partial charge in [0.15, 0.2) is 6.61 Å². The van der Waals surface area contributed by atoms with Gasteiger partial charge in [0.1, 0.15) is 5.75 Å². The van der Waals surface area contributed by atoms with Crippen LogP contribution in [-0.2, 0) is 4.79 Å². The van der Waals surface area contributed by atoms with Crippen LogP contribution in [0.5, 0.6) is 5.75 Å². The van der Waals surface area contributed by atoms with E-state index in [0.717, 1.165) is 12.0 Å². The van der Waals surface area contributed by atoms with Gasteiger partial charge in [-0.3, -0.25) is 14.4 Å². The van der Waals surface area contributed by atoms with Crippen LogP contribution in [0.4, 0.5) is 0 Å². The van der Waals surface area contributed by atoms with Crippen molar-refractivity contribution < 1.29 is 14.3 Å². The van der Waals surface area contributed by atoms with Crippen molar-refractivity contribution >= 4 is 11.8 Å². The lowest BCUT2D eigenvalue weighted by Gasteiger charge is -2.21. The second-order valence-electron chi connectivity index (χ2n) is 8.01. The molecule has 1 aromatic heterocycles. The molecule has 0 bridgehead atoms. The van der Waals surface area contributed by atoms with Gasteiger partial charge in [-0.15, -0.1) is 0 Å². The highest BCUT2D eigenvalue weighted by atomic mass is 16.5. The molecule has 1 aliphatic carbocycles. The monoisotopic (exact) mass is 395 g/mol. The number of aromatic amines is 1. The van der Waals surface area contributed by atoms with E-state index in [9.17, 15) is 14.4 Å². The maximum absolute atomic E-state index is 12.8. The van der Waals surface area contributed by atoms with Crippen LogP contribution in [0.1, 0.15) is 28.0 Å². The standard InChI is InChI=1S/C22H25N3O4/c1-13-3-5-17(6-4-13)29-12-21(27)23-10-16-11-25(19-9-18(16)19)22(28)15-7-14(2)24-20(26)8-15/h3-8,16,18-19H,9-12H2,1-2H3,(H,23,27)(H,24,26). The Hall–Kier alpha value is -3.09. The minimum atomic E-state index is -0.266. The van der Waals surface area contributed by atoms with Gasteiger partial charge in [0.05, 0.1) is 0 Å². The quantitative estimate of drug-likeness (QED) is 0.778. The number of piperidine rings is 1. The summed E-state index contributed by atoms with van der Waals surface area (Å²) in [5.41, 5.74) is 1.96. The number of nitrogens with one attached hydrogen (secondary N) is 2. The third kappa shape index (κ3) is 4.34. The Bertz CT molecular complexity index is 982. The summed E-state index contributed by atoms with van der Waals surface area (Å²) in [4.78, 5) is 41.1. The average molecular weight is 395 g/mol. The molecule has 1 aromatic carbocycles. The van der Waals surface area contributed by atoms with E-state index in [1.165, 1.54) is 6.07 Å². The Balaban J connectivity index is 1.28. The minimum Gasteiger partial charge on any atom is -0.484 e. The number of pyridine rings is 1. The summed E-state index contributed by atoms with van der Waals surface area (Å²) in [6, 6.07) is 10.8. The molecule has 4 rings (SSSR count). The second-order valence-corrected chi connectivity index (χ2v) is 8.01. The maximum atomic E-state index is 12.8. The number of hydrogen-bond donors (Lipinski definition) is 2. The predicted octanol–water partition coefficient (Wildman–Crippen LogP) is 1.65. The Labute approximate surface area is 169 Å². The summed E-state index contributed by atoms with van der Waals surface area (Å²) in [7, 11) is 0. The highest BCUT2D eigenvalue weighted by Gasteiger charge is 2.54. The number of likely N-dealkylation sites (tertiary alicyclic amines) is 1. The van der Waals surface area contributed by atoms with Crippen molar-refractivity contribution in [1.82, 2.24) is 15.2 Å². The summed E-state index contributed by atoms with van der Waals surface area (Å²) in [5, 5.41) is 2.92. The molecular formula is C22H25N3O4. The number of fused-ring (bicyclic) bond motifs is 1. The molecule has 1 saturated carbocycles.